The monoisotopic (exact) mass is 256 g/mol. The summed E-state index contributed by atoms with van der Waals surface area (Å²) in [4.78, 5) is 17.7. The molecule has 5 heteroatoms. The summed E-state index contributed by atoms with van der Waals surface area (Å²) in [6.45, 7) is 5.77. The third kappa shape index (κ3) is 1.79. The number of aryl methyl sites for hydroxylation is 1. The fourth-order valence-corrected chi connectivity index (χ4v) is 2.12. The number of benzene rings is 1. The summed E-state index contributed by atoms with van der Waals surface area (Å²) in [5, 5.41) is 1.17. The molecule has 0 unspecified atom stereocenters. The van der Waals surface area contributed by atoms with E-state index in [9.17, 15) is 4.79 Å². The normalized spacial score (nSPS) is 11.9. The molecule has 0 saturated carbocycles. The second kappa shape index (κ2) is 3.98. The van der Waals surface area contributed by atoms with Crippen LogP contribution in [-0.2, 0) is 0 Å². The minimum Gasteiger partial charge on any atom is -0.493 e. The molecule has 1 aliphatic heterocycles. The number of H-pyrrole nitrogens is 1. The lowest BCUT2D eigenvalue weighted by atomic mass is 10.1. The molecule has 0 bridgehead atoms. The largest absolute Gasteiger partial charge is 0.493 e. The van der Waals surface area contributed by atoms with Crippen molar-refractivity contribution in [1.29, 1.82) is 0 Å². The standard InChI is InChI=1S/C14H12N2O3/c1-7-4-9-6-10-8(2)15-14(17)16-13(10)19-12(9)11(5-7)18-3/h4-6H,2H2,1,3H3,(H,15,17). The molecule has 1 N–H and O–H groups in total. The van der Waals surface area contributed by atoms with Crippen LogP contribution in [0, 0.1) is 6.92 Å². The van der Waals surface area contributed by atoms with Crippen LogP contribution in [0.15, 0.2) is 16.9 Å². The summed E-state index contributed by atoms with van der Waals surface area (Å²) >= 11 is 0. The van der Waals surface area contributed by atoms with Crippen molar-refractivity contribution in [3.05, 3.63) is 44.3 Å². The number of hydrogen-bond donors (Lipinski definition) is 1. The van der Waals surface area contributed by atoms with Crippen LogP contribution in [0.3, 0.4) is 0 Å². The van der Waals surface area contributed by atoms with Gasteiger partial charge in [-0.3, -0.25) is 0 Å². The summed E-state index contributed by atoms with van der Waals surface area (Å²) in [6, 6.07) is 3.85. The molecule has 96 valence electrons. The van der Waals surface area contributed by atoms with Crippen molar-refractivity contribution in [1.82, 2.24) is 9.97 Å². The van der Waals surface area contributed by atoms with Crippen molar-refractivity contribution in [3.63, 3.8) is 0 Å². The Balaban J connectivity index is 2.38. The first-order valence-corrected chi connectivity index (χ1v) is 5.76. The van der Waals surface area contributed by atoms with Crippen LogP contribution in [-0.4, -0.2) is 17.1 Å². The third-order valence-electron chi connectivity index (χ3n) is 2.96. The number of ether oxygens (including phenoxy) is 2. The average Bonchev–Trinajstić information content (AvgIpc) is 2.36. The maximum atomic E-state index is 11.4. The molecule has 5 nitrogen and oxygen atoms in total. The Labute approximate surface area is 108 Å². The Morgan fingerprint density at radius 1 is 1.42 bits per heavy atom. The highest BCUT2D eigenvalue weighted by Crippen LogP contribution is 2.36. The second-order valence-corrected chi connectivity index (χ2v) is 4.37. The minimum absolute atomic E-state index is 0.253. The van der Waals surface area contributed by atoms with Gasteiger partial charge in [-0.05, 0) is 30.7 Å². The van der Waals surface area contributed by atoms with Crippen molar-refractivity contribution in [2.45, 2.75) is 6.92 Å². The lowest BCUT2D eigenvalue weighted by molar-refractivity contribution is 0.369. The molecule has 19 heavy (non-hydrogen) atoms. The summed E-state index contributed by atoms with van der Waals surface area (Å²) in [5.41, 5.74) is 1.46. The van der Waals surface area contributed by atoms with Crippen molar-refractivity contribution in [2.24, 2.45) is 0 Å². The predicted octanol–water partition coefficient (Wildman–Crippen LogP) is 0.432. The molecular formula is C14H12N2O3. The van der Waals surface area contributed by atoms with Crippen LogP contribution in [0.5, 0.6) is 17.4 Å². The van der Waals surface area contributed by atoms with Crippen molar-refractivity contribution in [3.8, 4) is 17.4 Å². The van der Waals surface area contributed by atoms with E-state index < -0.39 is 5.69 Å². The molecule has 0 atom stereocenters. The van der Waals surface area contributed by atoms with Gasteiger partial charge in [0.2, 0.25) is 5.88 Å². The van der Waals surface area contributed by atoms with E-state index in [2.05, 4.69) is 16.5 Å². The van der Waals surface area contributed by atoms with Gasteiger partial charge in [0, 0.05) is 10.9 Å². The number of aromatic amines is 1. The zero-order valence-corrected chi connectivity index (χ0v) is 10.6. The third-order valence-corrected chi connectivity index (χ3v) is 2.96. The SMILES string of the molecule is C=c1[nH]c(=O)nc2c1=Cc1cc(C)cc(OC)c1O2. The van der Waals surface area contributed by atoms with Crippen LogP contribution in [0.25, 0.3) is 12.7 Å². The van der Waals surface area contributed by atoms with E-state index in [0.29, 0.717) is 22.1 Å². The number of hydrogen-bond acceptors (Lipinski definition) is 4. The lowest BCUT2D eigenvalue weighted by Gasteiger charge is -2.17. The number of aromatic nitrogens is 2. The van der Waals surface area contributed by atoms with Gasteiger partial charge in [0.25, 0.3) is 0 Å². The van der Waals surface area contributed by atoms with E-state index in [1.807, 2.05) is 25.1 Å². The molecule has 1 aliphatic rings. The molecule has 0 saturated heterocycles. The molecule has 1 aromatic heterocycles. The minimum atomic E-state index is -0.480. The molecule has 0 spiro atoms. The fraction of sp³-hybridized carbons (Fsp3) is 0.143. The molecule has 2 heterocycles. The van der Waals surface area contributed by atoms with E-state index in [0.717, 1.165) is 11.1 Å². The molecule has 2 aromatic rings. The van der Waals surface area contributed by atoms with Gasteiger partial charge in [-0.25, -0.2) is 4.79 Å². The van der Waals surface area contributed by atoms with Gasteiger partial charge in [0.1, 0.15) is 0 Å². The molecular weight excluding hydrogens is 244 g/mol. The smallest absolute Gasteiger partial charge is 0.348 e. The van der Waals surface area contributed by atoms with Gasteiger partial charge in [-0.2, -0.15) is 4.98 Å². The molecule has 0 fully saturated rings. The summed E-state index contributed by atoms with van der Waals surface area (Å²) in [5.74, 6) is 1.44. The molecule has 0 aliphatic carbocycles. The highest BCUT2D eigenvalue weighted by molar-refractivity contribution is 5.67. The Morgan fingerprint density at radius 3 is 2.95 bits per heavy atom. The Hall–Kier alpha value is -2.56. The first-order chi connectivity index (χ1) is 9.08. The van der Waals surface area contributed by atoms with Crippen molar-refractivity contribution < 1.29 is 9.47 Å². The van der Waals surface area contributed by atoms with E-state index in [1.54, 1.807) is 7.11 Å². The van der Waals surface area contributed by atoms with Gasteiger partial charge in [0.15, 0.2) is 11.5 Å². The van der Waals surface area contributed by atoms with Gasteiger partial charge in [0.05, 0.1) is 12.3 Å². The van der Waals surface area contributed by atoms with Crippen LogP contribution in [0.1, 0.15) is 11.1 Å². The maximum absolute atomic E-state index is 11.4. The zero-order valence-electron chi connectivity index (χ0n) is 10.6. The number of nitrogens with zero attached hydrogens (tertiary/aromatic N) is 1. The number of nitrogens with one attached hydrogen (secondary N) is 1. The maximum Gasteiger partial charge on any atom is 0.348 e. The topological polar surface area (TPSA) is 64.2 Å². The number of fused-ring (bicyclic) bond motifs is 2. The Bertz CT molecular complexity index is 837. The summed E-state index contributed by atoms with van der Waals surface area (Å²) in [7, 11) is 1.58. The lowest BCUT2D eigenvalue weighted by Crippen LogP contribution is -2.37. The molecule has 0 amide bonds. The van der Waals surface area contributed by atoms with E-state index >= 15 is 0 Å². The Kier molecular flexibility index (Phi) is 2.41. The van der Waals surface area contributed by atoms with Gasteiger partial charge < -0.3 is 14.5 Å². The highest BCUT2D eigenvalue weighted by Gasteiger charge is 2.18. The van der Waals surface area contributed by atoms with Crippen molar-refractivity contribution in [2.75, 3.05) is 7.11 Å². The quantitative estimate of drug-likeness (QED) is 0.686. The van der Waals surface area contributed by atoms with E-state index in [1.165, 1.54) is 0 Å². The van der Waals surface area contributed by atoms with Gasteiger partial charge >= 0.3 is 5.69 Å². The first-order valence-electron chi connectivity index (χ1n) is 5.76. The van der Waals surface area contributed by atoms with Gasteiger partial charge in [-0.15, -0.1) is 0 Å². The average molecular weight is 256 g/mol. The summed E-state index contributed by atoms with van der Waals surface area (Å²) < 4.78 is 11.0. The Morgan fingerprint density at radius 2 is 2.21 bits per heavy atom. The molecule has 1 aromatic carbocycles. The van der Waals surface area contributed by atoms with Crippen LogP contribution in [0.2, 0.25) is 0 Å². The second-order valence-electron chi connectivity index (χ2n) is 4.37. The van der Waals surface area contributed by atoms with Crippen molar-refractivity contribution >= 4 is 12.7 Å². The van der Waals surface area contributed by atoms with E-state index in [4.69, 9.17) is 9.47 Å². The highest BCUT2D eigenvalue weighted by atomic mass is 16.5. The summed E-state index contributed by atoms with van der Waals surface area (Å²) in [6.07, 6.45) is 1.88. The molecule has 0 radical (unpaired) electrons. The predicted molar refractivity (Wildman–Crippen MR) is 71.0 cm³/mol. The van der Waals surface area contributed by atoms with Crippen LogP contribution >= 0.6 is 0 Å². The van der Waals surface area contributed by atoms with Crippen LogP contribution < -0.4 is 25.7 Å². The number of rotatable bonds is 1. The fourth-order valence-electron chi connectivity index (χ4n) is 2.12. The van der Waals surface area contributed by atoms with E-state index in [-0.39, 0.29) is 5.88 Å². The zero-order chi connectivity index (χ0) is 13.6. The van der Waals surface area contributed by atoms with Gasteiger partial charge in [-0.1, -0.05) is 6.58 Å². The van der Waals surface area contributed by atoms with Crippen LogP contribution in [0.4, 0.5) is 0 Å². The molecule has 3 rings (SSSR count). The number of methoxy groups -OCH3 is 1. The first kappa shape index (κ1) is 11.5.